The first-order chi connectivity index (χ1) is 9.06. The molecular weight excluding hydrogens is 262 g/mol. The Morgan fingerprint density at radius 3 is 2.42 bits per heavy atom. The van der Waals surface area contributed by atoms with E-state index in [0.717, 1.165) is 16.9 Å². The van der Waals surface area contributed by atoms with Gasteiger partial charge in [0.25, 0.3) is 0 Å². The first-order valence-corrected chi connectivity index (χ1v) is 6.11. The summed E-state index contributed by atoms with van der Waals surface area (Å²) < 4.78 is 0. The lowest BCUT2D eigenvalue weighted by atomic mass is 10.1. The predicted molar refractivity (Wildman–Crippen MR) is 78.2 cm³/mol. The second kappa shape index (κ2) is 5.63. The van der Waals surface area contributed by atoms with Gasteiger partial charge in [-0.1, -0.05) is 23.7 Å². The van der Waals surface area contributed by atoms with Gasteiger partial charge < -0.3 is 16.8 Å². The molecule has 0 aliphatic heterocycles. The summed E-state index contributed by atoms with van der Waals surface area (Å²) in [6.07, 6.45) is 0. The molecule has 5 N–H and O–H groups in total. The number of rotatable bonds is 4. The maximum absolute atomic E-state index is 11.0. The minimum Gasteiger partial charge on any atom is -0.399 e. The number of nitrogens with two attached hydrogens (primary N) is 2. The van der Waals surface area contributed by atoms with Gasteiger partial charge in [-0.05, 0) is 35.9 Å². The monoisotopic (exact) mass is 275 g/mol. The predicted octanol–water partition coefficient (Wildman–Crippen LogP) is 2.63. The maximum atomic E-state index is 11.0. The SMILES string of the molecule is NC(=O)c1ccc(NCc2ccc(N)cc2)c(Cl)c1. The third-order valence-electron chi connectivity index (χ3n) is 2.72. The van der Waals surface area contributed by atoms with Crippen molar-refractivity contribution >= 4 is 28.9 Å². The molecule has 0 radical (unpaired) electrons. The Kier molecular flexibility index (Phi) is 3.92. The van der Waals surface area contributed by atoms with E-state index in [1.165, 1.54) is 0 Å². The van der Waals surface area contributed by atoms with Crippen molar-refractivity contribution in [2.45, 2.75) is 6.54 Å². The van der Waals surface area contributed by atoms with Crippen molar-refractivity contribution in [1.29, 1.82) is 0 Å². The Bertz CT molecular complexity index is 596. The van der Waals surface area contributed by atoms with Crippen LogP contribution in [-0.2, 0) is 6.54 Å². The van der Waals surface area contributed by atoms with E-state index < -0.39 is 5.91 Å². The van der Waals surface area contributed by atoms with Crippen molar-refractivity contribution < 1.29 is 4.79 Å². The van der Waals surface area contributed by atoms with Crippen LogP contribution in [-0.4, -0.2) is 5.91 Å². The van der Waals surface area contributed by atoms with E-state index >= 15 is 0 Å². The number of carbonyl (C=O) groups excluding carboxylic acids is 1. The molecule has 1 amide bonds. The van der Waals surface area contributed by atoms with E-state index in [0.29, 0.717) is 17.1 Å². The van der Waals surface area contributed by atoms with E-state index in [1.54, 1.807) is 18.2 Å². The highest BCUT2D eigenvalue weighted by Crippen LogP contribution is 2.23. The fourth-order valence-electron chi connectivity index (χ4n) is 1.64. The van der Waals surface area contributed by atoms with Gasteiger partial charge in [0.05, 0.1) is 10.7 Å². The summed E-state index contributed by atoms with van der Waals surface area (Å²) in [5.41, 5.74) is 13.8. The van der Waals surface area contributed by atoms with Crippen LogP contribution in [0, 0.1) is 0 Å². The Balaban J connectivity index is 2.07. The number of halogens is 1. The molecule has 0 spiro atoms. The number of hydrogen-bond acceptors (Lipinski definition) is 3. The average Bonchev–Trinajstić information content (AvgIpc) is 2.39. The topological polar surface area (TPSA) is 81.1 Å². The zero-order valence-electron chi connectivity index (χ0n) is 10.2. The van der Waals surface area contributed by atoms with Gasteiger partial charge in [-0.25, -0.2) is 0 Å². The van der Waals surface area contributed by atoms with Crippen LogP contribution in [0.2, 0.25) is 5.02 Å². The molecule has 98 valence electrons. The average molecular weight is 276 g/mol. The number of anilines is 2. The first kappa shape index (κ1) is 13.2. The Morgan fingerprint density at radius 1 is 1.16 bits per heavy atom. The van der Waals surface area contributed by atoms with Crippen molar-refractivity contribution in [3.8, 4) is 0 Å². The molecule has 0 fully saturated rings. The molecule has 0 saturated heterocycles. The number of hydrogen-bond donors (Lipinski definition) is 3. The zero-order valence-corrected chi connectivity index (χ0v) is 10.9. The van der Waals surface area contributed by atoms with E-state index in [4.69, 9.17) is 23.1 Å². The largest absolute Gasteiger partial charge is 0.399 e. The molecule has 0 unspecified atom stereocenters. The van der Waals surface area contributed by atoms with Gasteiger partial charge in [0.1, 0.15) is 0 Å². The number of nitrogen functional groups attached to an aromatic ring is 1. The molecule has 0 aromatic heterocycles. The molecule has 2 rings (SSSR count). The van der Waals surface area contributed by atoms with Gasteiger partial charge in [-0.3, -0.25) is 4.79 Å². The van der Waals surface area contributed by atoms with E-state index in [2.05, 4.69) is 5.32 Å². The summed E-state index contributed by atoms with van der Waals surface area (Å²) in [6.45, 7) is 0.621. The molecule has 0 aliphatic carbocycles. The number of amides is 1. The third kappa shape index (κ3) is 3.39. The van der Waals surface area contributed by atoms with Crippen LogP contribution in [0.3, 0.4) is 0 Å². The number of nitrogens with one attached hydrogen (secondary N) is 1. The Labute approximate surface area is 116 Å². The van der Waals surface area contributed by atoms with Crippen molar-refractivity contribution in [3.63, 3.8) is 0 Å². The van der Waals surface area contributed by atoms with Crippen LogP contribution < -0.4 is 16.8 Å². The fourth-order valence-corrected chi connectivity index (χ4v) is 1.89. The first-order valence-electron chi connectivity index (χ1n) is 5.74. The molecule has 0 heterocycles. The molecular formula is C14H14ClN3O. The van der Waals surface area contributed by atoms with Gasteiger partial charge in [0, 0.05) is 17.8 Å². The normalized spacial score (nSPS) is 10.2. The van der Waals surface area contributed by atoms with Crippen LogP contribution in [0.1, 0.15) is 15.9 Å². The number of benzene rings is 2. The molecule has 0 saturated carbocycles. The van der Waals surface area contributed by atoms with Crippen LogP contribution in [0.5, 0.6) is 0 Å². The van der Waals surface area contributed by atoms with E-state index in [1.807, 2.05) is 24.3 Å². The minimum absolute atomic E-state index is 0.392. The number of carbonyl (C=O) groups is 1. The highest BCUT2D eigenvalue weighted by Gasteiger charge is 2.05. The Morgan fingerprint density at radius 2 is 1.84 bits per heavy atom. The van der Waals surface area contributed by atoms with Crippen molar-refractivity contribution in [2.75, 3.05) is 11.1 Å². The van der Waals surface area contributed by atoms with Crippen LogP contribution in [0.15, 0.2) is 42.5 Å². The standard InChI is InChI=1S/C14H14ClN3O/c15-12-7-10(14(17)19)3-6-13(12)18-8-9-1-4-11(16)5-2-9/h1-7,18H,8,16H2,(H2,17,19). The number of primary amides is 1. The molecule has 0 bridgehead atoms. The highest BCUT2D eigenvalue weighted by molar-refractivity contribution is 6.33. The quantitative estimate of drug-likeness (QED) is 0.750. The van der Waals surface area contributed by atoms with Crippen LogP contribution in [0.25, 0.3) is 0 Å². The van der Waals surface area contributed by atoms with Crippen molar-refractivity contribution in [3.05, 3.63) is 58.6 Å². The lowest BCUT2D eigenvalue weighted by molar-refractivity contribution is 0.100. The van der Waals surface area contributed by atoms with E-state index in [9.17, 15) is 4.79 Å². The van der Waals surface area contributed by atoms with Gasteiger partial charge >= 0.3 is 0 Å². The summed E-state index contributed by atoms with van der Waals surface area (Å²) in [6, 6.07) is 12.5. The van der Waals surface area contributed by atoms with Crippen LogP contribution in [0.4, 0.5) is 11.4 Å². The molecule has 0 atom stereocenters. The summed E-state index contributed by atoms with van der Waals surface area (Å²) in [4.78, 5) is 11.0. The fraction of sp³-hybridized carbons (Fsp3) is 0.0714. The van der Waals surface area contributed by atoms with Crippen molar-refractivity contribution in [1.82, 2.24) is 0 Å². The molecule has 4 nitrogen and oxygen atoms in total. The summed E-state index contributed by atoms with van der Waals surface area (Å²) in [5.74, 6) is -0.494. The summed E-state index contributed by atoms with van der Waals surface area (Å²) in [5, 5.41) is 3.65. The molecule has 2 aromatic carbocycles. The van der Waals surface area contributed by atoms with Crippen LogP contribution >= 0.6 is 11.6 Å². The maximum Gasteiger partial charge on any atom is 0.248 e. The van der Waals surface area contributed by atoms with Gasteiger partial charge in [0.2, 0.25) is 5.91 Å². The molecule has 19 heavy (non-hydrogen) atoms. The molecule has 2 aromatic rings. The lowest BCUT2D eigenvalue weighted by Crippen LogP contribution is -2.11. The second-order valence-corrected chi connectivity index (χ2v) is 4.56. The smallest absolute Gasteiger partial charge is 0.248 e. The zero-order chi connectivity index (χ0) is 13.8. The second-order valence-electron chi connectivity index (χ2n) is 4.15. The van der Waals surface area contributed by atoms with Crippen molar-refractivity contribution in [2.24, 2.45) is 5.73 Å². The summed E-state index contributed by atoms with van der Waals surface area (Å²) >= 11 is 6.07. The van der Waals surface area contributed by atoms with E-state index in [-0.39, 0.29) is 0 Å². The van der Waals surface area contributed by atoms with Gasteiger partial charge in [-0.15, -0.1) is 0 Å². The van der Waals surface area contributed by atoms with Gasteiger partial charge in [0.15, 0.2) is 0 Å². The van der Waals surface area contributed by atoms with Gasteiger partial charge in [-0.2, -0.15) is 0 Å². The molecule has 0 aliphatic rings. The minimum atomic E-state index is -0.494. The molecule has 5 heteroatoms. The Hall–Kier alpha value is -2.20. The summed E-state index contributed by atoms with van der Waals surface area (Å²) in [7, 11) is 0. The highest BCUT2D eigenvalue weighted by atomic mass is 35.5. The lowest BCUT2D eigenvalue weighted by Gasteiger charge is -2.09. The third-order valence-corrected chi connectivity index (χ3v) is 3.03.